The summed E-state index contributed by atoms with van der Waals surface area (Å²) in [4.78, 5) is 24.9. The van der Waals surface area contributed by atoms with Crippen molar-refractivity contribution in [2.45, 2.75) is 57.7 Å². The third kappa shape index (κ3) is 3.71. The molecule has 1 saturated carbocycles. The maximum absolute atomic E-state index is 13.5. The first kappa shape index (κ1) is 21.7. The molecule has 1 aliphatic heterocycles. The van der Waals surface area contributed by atoms with Crippen LogP contribution in [-0.2, 0) is 18.5 Å². The number of carbonyl (C=O) groups is 1. The van der Waals surface area contributed by atoms with Crippen LogP contribution in [0.1, 0.15) is 66.5 Å². The van der Waals surface area contributed by atoms with Gasteiger partial charge in [0.2, 0.25) is 0 Å². The number of anilines is 1. The monoisotopic (exact) mass is 447 g/mol. The molecule has 1 unspecified atom stereocenters. The Balaban J connectivity index is 1.51. The SMILES string of the molecule is CCC(CO)n1cnnc1-c1cccc(N2Cc3c(cc(C4(C)CC4)nc3CNC)C2=O)n1. The minimum atomic E-state index is -0.129. The Morgan fingerprint density at radius 2 is 2.09 bits per heavy atom. The number of aromatic nitrogens is 5. The summed E-state index contributed by atoms with van der Waals surface area (Å²) in [6.45, 7) is 5.25. The minimum absolute atomic E-state index is 0.0103. The third-order valence-electron chi connectivity index (χ3n) is 6.85. The molecule has 0 spiro atoms. The first-order valence-electron chi connectivity index (χ1n) is 11.5. The molecule has 0 bridgehead atoms. The number of rotatable bonds is 8. The molecule has 3 aromatic heterocycles. The molecule has 33 heavy (non-hydrogen) atoms. The molecular formula is C24H29N7O2. The van der Waals surface area contributed by atoms with Gasteiger partial charge in [-0.05, 0) is 44.5 Å². The zero-order chi connectivity index (χ0) is 23.2. The predicted molar refractivity (Wildman–Crippen MR) is 124 cm³/mol. The van der Waals surface area contributed by atoms with E-state index in [1.165, 1.54) is 0 Å². The Kier molecular flexibility index (Phi) is 5.46. The molecule has 2 N–H and O–H groups in total. The second-order valence-corrected chi connectivity index (χ2v) is 9.15. The lowest BCUT2D eigenvalue weighted by Crippen LogP contribution is -2.24. The fraction of sp³-hybridized carbons (Fsp3) is 0.458. The molecule has 1 amide bonds. The molecule has 1 fully saturated rings. The lowest BCUT2D eigenvalue weighted by Gasteiger charge is -2.17. The summed E-state index contributed by atoms with van der Waals surface area (Å²) >= 11 is 0. The van der Waals surface area contributed by atoms with Crippen molar-refractivity contribution in [1.29, 1.82) is 0 Å². The number of hydrogen-bond acceptors (Lipinski definition) is 7. The summed E-state index contributed by atoms with van der Waals surface area (Å²) in [6.07, 6.45) is 4.56. The van der Waals surface area contributed by atoms with E-state index in [9.17, 15) is 9.90 Å². The average Bonchev–Trinajstić information content (AvgIpc) is 3.25. The Bertz CT molecular complexity index is 1200. The number of carbonyl (C=O) groups excluding carboxylic acids is 1. The van der Waals surface area contributed by atoms with Crippen molar-refractivity contribution in [2.24, 2.45) is 0 Å². The van der Waals surface area contributed by atoms with E-state index in [1.54, 1.807) is 11.2 Å². The van der Waals surface area contributed by atoms with Crippen molar-refractivity contribution >= 4 is 11.7 Å². The molecule has 1 aliphatic carbocycles. The topological polar surface area (TPSA) is 109 Å². The van der Waals surface area contributed by atoms with E-state index in [-0.39, 0.29) is 24.0 Å². The quantitative estimate of drug-likeness (QED) is 0.546. The molecular weight excluding hydrogens is 418 g/mol. The Labute approximate surface area is 192 Å². The molecule has 0 saturated heterocycles. The second-order valence-electron chi connectivity index (χ2n) is 9.15. The minimum Gasteiger partial charge on any atom is -0.394 e. The summed E-state index contributed by atoms with van der Waals surface area (Å²) < 4.78 is 1.84. The highest BCUT2D eigenvalue weighted by Gasteiger charge is 2.43. The Hall–Kier alpha value is -3.17. The number of pyridine rings is 2. The fourth-order valence-corrected chi connectivity index (χ4v) is 4.42. The van der Waals surface area contributed by atoms with Gasteiger partial charge in [-0.1, -0.05) is 19.9 Å². The van der Waals surface area contributed by atoms with Crippen LogP contribution in [0.2, 0.25) is 0 Å². The van der Waals surface area contributed by atoms with Gasteiger partial charge in [0, 0.05) is 28.8 Å². The number of aliphatic hydroxyl groups is 1. The lowest BCUT2D eigenvalue weighted by atomic mass is 9.99. The molecule has 9 nitrogen and oxygen atoms in total. The lowest BCUT2D eigenvalue weighted by molar-refractivity contribution is 0.0995. The van der Waals surface area contributed by atoms with Crippen LogP contribution >= 0.6 is 0 Å². The maximum atomic E-state index is 13.5. The van der Waals surface area contributed by atoms with Crippen LogP contribution in [-0.4, -0.2) is 49.4 Å². The third-order valence-corrected chi connectivity index (χ3v) is 6.85. The molecule has 5 rings (SSSR count). The van der Waals surface area contributed by atoms with Crippen LogP contribution in [0.25, 0.3) is 11.5 Å². The first-order valence-corrected chi connectivity index (χ1v) is 11.5. The molecule has 172 valence electrons. The second kappa shape index (κ2) is 8.31. The molecule has 1 atom stereocenters. The van der Waals surface area contributed by atoms with Gasteiger partial charge in [-0.2, -0.15) is 0 Å². The highest BCUT2D eigenvalue weighted by atomic mass is 16.3. The zero-order valence-electron chi connectivity index (χ0n) is 19.2. The molecule has 4 heterocycles. The number of amides is 1. The fourth-order valence-electron chi connectivity index (χ4n) is 4.42. The highest BCUT2D eigenvalue weighted by molar-refractivity contribution is 6.09. The molecule has 2 aliphatic rings. The normalized spacial score (nSPS) is 17.3. The van der Waals surface area contributed by atoms with E-state index >= 15 is 0 Å². The van der Waals surface area contributed by atoms with Gasteiger partial charge in [0.1, 0.15) is 17.8 Å². The van der Waals surface area contributed by atoms with Crippen molar-refractivity contribution in [3.05, 3.63) is 53.1 Å². The van der Waals surface area contributed by atoms with Gasteiger partial charge < -0.3 is 15.0 Å². The van der Waals surface area contributed by atoms with Crippen molar-refractivity contribution in [3.63, 3.8) is 0 Å². The van der Waals surface area contributed by atoms with Crippen LogP contribution < -0.4 is 10.2 Å². The molecule has 0 radical (unpaired) electrons. The van der Waals surface area contributed by atoms with E-state index in [1.807, 2.05) is 42.8 Å². The summed E-state index contributed by atoms with van der Waals surface area (Å²) in [5, 5.41) is 21.2. The predicted octanol–water partition coefficient (Wildman–Crippen LogP) is 2.61. The van der Waals surface area contributed by atoms with Crippen LogP contribution in [0.15, 0.2) is 30.6 Å². The van der Waals surface area contributed by atoms with Crippen molar-refractivity contribution in [3.8, 4) is 11.5 Å². The highest BCUT2D eigenvalue weighted by Crippen LogP contribution is 2.47. The van der Waals surface area contributed by atoms with E-state index in [2.05, 4.69) is 22.4 Å². The van der Waals surface area contributed by atoms with Crippen LogP contribution in [0.5, 0.6) is 0 Å². The van der Waals surface area contributed by atoms with Crippen LogP contribution in [0, 0.1) is 0 Å². The van der Waals surface area contributed by atoms with Crippen LogP contribution in [0.3, 0.4) is 0 Å². The van der Waals surface area contributed by atoms with E-state index in [4.69, 9.17) is 9.97 Å². The van der Waals surface area contributed by atoms with Crippen LogP contribution in [0.4, 0.5) is 5.82 Å². The largest absolute Gasteiger partial charge is 0.394 e. The van der Waals surface area contributed by atoms with Crippen molar-refractivity contribution in [2.75, 3.05) is 18.6 Å². The molecule has 9 heteroatoms. The van der Waals surface area contributed by atoms with Gasteiger partial charge in [0.15, 0.2) is 5.82 Å². The summed E-state index contributed by atoms with van der Waals surface area (Å²) in [7, 11) is 1.89. The van der Waals surface area contributed by atoms with E-state index in [0.717, 1.165) is 41.8 Å². The smallest absolute Gasteiger partial charge is 0.260 e. The number of nitrogens with zero attached hydrogens (tertiary/aromatic N) is 6. The molecule has 3 aromatic rings. The molecule has 0 aromatic carbocycles. The number of hydrogen-bond donors (Lipinski definition) is 2. The van der Waals surface area contributed by atoms with Gasteiger partial charge in [-0.3, -0.25) is 14.7 Å². The standard InChI is InChI=1S/C24H29N7O2/c1-4-15(13-32)31-14-26-29-22(31)18-6-5-7-21(28-18)30-12-17-16(23(30)33)10-20(24(2)8-9-24)27-19(17)11-25-3/h5-7,10,14-15,25,32H,4,8-9,11-13H2,1-3H3. The van der Waals surface area contributed by atoms with E-state index in [0.29, 0.717) is 30.4 Å². The zero-order valence-corrected chi connectivity index (χ0v) is 19.2. The summed E-state index contributed by atoms with van der Waals surface area (Å²) in [5.41, 5.74) is 4.31. The van der Waals surface area contributed by atoms with Gasteiger partial charge >= 0.3 is 0 Å². The van der Waals surface area contributed by atoms with Gasteiger partial charge in [0.05, 0.1) is 24.9 Å². The van der Waals surface area contributed by atoms with E-state index < -0.39 is 0 Å². The number of aliphatic hydroxyl groups excluding tert-OH is 1. The number of fused-ring (bicyclic) bond motifs is 1. The summed E-state index contributed by atoms with van der Waals surface area (Å²) in [6, 6.07) is 7.41. The van der Waals surface area contributed by atoms with Gasteiger partial charge in [-0.15, -0.1) is 10.2 Å². The number of nitrogens with one attached hydrogen (secondary N) is 1. The summed E-state index contributed by atoms with van der Waals surface area (Å²) in [5.74, 6) is 1.08. The first-order chi connectivity index (χ1) is 16.0. The van der Waals surface area contributed by atoms with Gasteiger partial charge in [-0.25, -0.2) is 4.98 Å². The van der Waals surface area contributed by atoms with Crippen molar-refractivity contribution in [1.82, 2.24) is 30.0 Å². The Morgan fingerprint density at radius 3 is 2.79 bits per heavy atom. The van der Waals surface area contributed by atoms with Crippen molar-refractivity contribution < 1.29 is 9.90 Å². The average molecular weight is 448 g/mol. The van der Waals surface area contributed by atoms with Gasteiger partial charge in [0.25, 0.3) is 5.91 Å². The maximum Gasteiger partial charge on any atom is 0.260 e. The Morgan fingerprint density at radius 1 is 1.27 bits per heavy atom.